The Balaban J connectivity index is 1.60. The van der Waals surface area contributed by atoms with Gasteiger partial charge >= 0.3 is 6.18 Å². The van der Waals surface area contributed by atoms with Crippen LogP contribution in [0, 0.1) is 0 Å². The summed E-state index contributed by atoms with van der Waals surface area (Å²) in [5, 5.41) is 0. The zero-order valence-electron chi connectivity index (χ0n) is 16.6. The number of methoxy groups -OCH3 is 1. The number of halogens is 3. The van der Waals surface area contributed by atoms with Crippen LogP contribution in [0.3, 0.4) is 0 Å². The Hall–Kier alpha value is -3.61. The fraction of sp³-hybridized carbons (Fsp3) is 0.167. The third-order valence-electron chi connectivity index (χ3n) is 5.18. The van der Waals surface area contributed by atoms with Crippen LogP contribution in [0.1, 0.15) is 22.7 Å². The minimum absolute atomic E-state index is 0.179. The number of β-lactam (4-membered cyclic amide) rings is 1. The van der Waals surface area contributed by atoms with Crippen molar-refractivity contribution >= 4 is 17.8 Å². The zero-order chi connectivity index (χ0) is 22.0. The molecule has 4 nitrogen and oxygen atoms in total. The quantitative estimate of drug-likeness (QED) is 0.413. The number of hydrogen-bond donors (Lipinski definition) is 0. The SMILES string of the molecule is COc1ccc(N2C(=O)[C@H](N=Cc3ccc(C(F)(F)F)cc3)[C@H]2c2ccccc2)cc1. The Bertz CT molecular complexity index is 1080. The molecule has 3 aromatic rings. The predicted octanol–water partition coefficient (Wildman–Crippen LogP) is 5.29. The summed E-state index contributed by atoms with van der Waals surface area (Å²) in [6.45, 7) is 0. The maximum Gasteiger partial charge on any atom is 0.416 e. The first-order valence-corrected chi connectivity index (χ1v) is 9.61. The van der Waals surface area contributed by atoms with Gasteiger partial charge in [0.25, 0.3) is 5.91 Å². The molecule has 1 saturated heterocycles. The summed E-state index contributed by atoms with van der Waals surface area (Å²) < 4.78 is 43.4. The van der Waals surface area contributed by atoms with Gasteiger partial charge in [-0.15, -0.1) is 0 Å². The van der Waals surface area contributed by atoms with Crippen LogP contribution in [0.25, 0.3) is 0 Å². The highest BCUT2D eigenvalue weighted by Crippen LogP contribution is 2.41. The van der Waals surface area contributed by atoms with Crippen molar-refractivity contribution in [3.8, 4) is 5.75 Å². The highest BCUT2D eigenvalue weighted by Gasteiger charge is 2.48. The normalized spacial score (nSPS) is 18.8. The van der Waals surface area contributed by atoms with Crippen LogP contribution < -0.4 is 9.64 Å². The molecule has 0 saturated carbocycles. The van der Waals surface area contributed by atoms with Crippen LogP contribution in [0.4, 0.5) is 18.9 Å². The summed E-state index contributed by atoms with van der Waals surface area (Å²) in [6.07, 6.45) is -2.94. The first-order valence-electron chi connectivity index (χ1n) is 9.61. The van der Waals surface area contributed by atoms with Crippen molar-refractivity contribution in [2.45, 2.75) is 18.3 Å². The van der Waals surface area contributed by atoms with Crippen LogP contribution in [0.15, 0.2) is 83.9 Å². The lowest BCUT2D eigenvalue weighted by atomic mass is 9.88. The Kier molecular flexibility index (Phi) is 5.50. The molecule has 1 aliphatic heterocycles. The molecule has 31 heavy (non-hydrogen) atoms. The maximum absolute atomic E-state index is 12.9. The molecule has 0 bridgehead atoms. The van der Waals surface area contributed by atoms with Gasteiger partial charge in [-0.25, -0.2) is 0 Å². The Morgan fingerprint density at radius 2 is 1.58 bits per heavy atom. The molecule has 0 aliphatic carbocycles. The van der Waals surface area contributed by atoms with E-state index in [1.807, 2.05) is 42.5 Å². The molecule has 1 heterocycles. The highest BCUT2D eigenvalue weighted by atomic mass is 19.4. The molecule has 4 rings (SSSR count). The number of carbonyl (C=O) groups is 1. The van der Waals surface area contributed by atoms with Crippen LogP contribution >= 0.6 is 0 Å². The lowest BCUT2D eigenvalue weighted by Gasteiger charge is -2.45. The van der Waals surface area contributed by atoms with Gasteiger partial charge in [-0.2, -0.15) is 13.2 Å². The molecule has 0 aromatic heterocycles. The number of anilines is 1. The first kappa shape index (κ1) is 20.7. The molecule has 0 radical (unpaired) electrons. The van der Waals surface area contributed by atoms with Crippen molar-refractivity contribution in [3.63, 3.8) is 0 Å². The van der Waals surface area contributed by atoms with Crippen molar-refractivity contribution in [1.82, 2.24) is 0 Å². The second kappa shape index (κ2) is 8.26. The molecule has 1 amide bonds. The highest BCUT2D eigenvalue weighted by molar-refractivity contribution is 6.07. The maximum atomic E-state index is 12.9. The summed E-state index contributed by atoms with van der Waals surface area (Å²) in [4.78, 5) is 19.0. The number of hydrogen-bond acceptors (Lipinski definition) is 3. The van der Waals surface area contributed by atoms with E-state index < -0.39 is 17.8 Å². The lowest BCUT2D eigenvalue weighted by Crippen LogP contribution is -2.58. The fourth-order valence-corrected chi connectivity index (χ4v) is 3.56. The number of rotatable bonds is 5. The Morgan fingerprint density at radius 1 is 0.935 bits per heavy atom. The molecule has 7 heteroatoms. The van der Waals surface area contributed by atoms with Gasteiger partial charge in [0.15, 0.2) is 6.04 Å². The summed E-state index contributed by atoms with van der Waals surface area (Å²) in [7, 11) is 1.57. The first-order chi connectivity index (χ1) is 14.9. The van der Waals surface area contributed by atoms with Gasteiger partial charge in [0, 0.05) is 11.9 Å². The number of aliphatic imine (C=N–C) groups is 1. The van der Waals surface area contributed by atoms with Crippen molar-refractivity contribution in [1.29, 1.82) is 0 Å². The van der Waals surface area contributed by atoms with Crippen LogP contribution in [0.2, 0.25) is 0 Å². The van der Waals surface area contributed by atoms with Crippen LogP contribution in [0.5, 0.6) is 5.75 Å². The number of amides is 1. The van der Waals surface area contributed by atoms with Crippen molar-refractivity contribution < 1.29 is 22.7 Å². The number of carbonyl (C=O) groups excluding carboxylic acids is 1. The Labute approximate surface area is 177 Å². The molecule has 0 unspecified atom stereocenters. The van der Waals surface area contributed by atoms with Crippen LogP contribution in [-0.2, 0) is 11.0 Å². The van der Waals surface area contributed by atoms with E-state index in [-0.39, 0.29) is 11.9 Å². The summed E-state index contributed by atoms with van der Waals surface area (Å²) >= 11 is 0. The molecule has 0 spiro atoms. The topological polar surface area (TPSA) is 41.9 Å². The second-order valence-corrected chi connectivity index (χ2v) is 7.10. The largest absolute Gasteiger partial charge is 0.497 e. The summed E-state index contributed by atoms with van der Waals surface area (Å²) in [5.74, 6) is 0.507. The monoisotopic (exact) mass is 424 g/mol. The fourth-order valence-electron chi connectivity index (χ4n) is 3.56. The molecular formula is C24H19F3N2O2. The number of nitrogens with zero attached hydrogens (tertiary/aromatic N) is 2. The lowest BCUT2D eigenvalue weighted by molar-refractivity contribution is -0.137. The van der Waals surface area contributed by atoms with Gasteiger partial charge in [-0.05, 0) is 47.5 Å². The standard InChI is InChI=1S/C24H19F3N2O2/c1-31-20-13-11-19(12-14-20)29-22(17-5-3-2-4-6-17)21(23(29)30)28-15-16-7-9-18(10-8-16)24(25,26)27/h2-15,21-22H,1H3/t21-,22-/m1/s1. The van der Waals surface area contributed by atoms with Gasteiger partial charge in [0.2, 0.25) is 0 Å². The zero-order valence-corrected chi connectivity index (χ0v) is 16.6. The minimum atomic E-state index is -4.39. The third-order valence-corrected chi connectivity index (χ3v) is 5.18. The molecule has 2 atom stereocenters. The molecule has 1 fully saturated rings. The molecular weight excluding hydrogens is 405 g/mol. The van der Waals surface area contributed by atoms with Gasteiger partial charge in [-0.1, -0.05) is 42.5 Å². The van der Waals surface area contributed by atoms with E-state index >= 15 is 0 Å². The van der Waals surface area contributed by atoms with E-state index in [1.165, 1.54) is 18.3 Å². The van der Waals surface area contributed by atoms with E-state index in [4.69, 9.17) is 4.74 Å². The van der Waals surface area contributed by atoms with E-state index in [2.05, 4.69) is 4.99 Å². The van der Waals surface area contributed by atoms with E-state index in [0.717, 1.165) is 23.4 Å². The van der Waals surface area contributed by atoms with E-state index in [1.54, 1.807) is 24.1 Å². The molecule has 1 aliphatic rings. The number of benzene rings is 3. The van der Waals surface area contributed by atoms with Gasteiger partial charge in [0.05, 0.1) is 18.7 Å². The number of ether oxygens (including phenoxy) is 1. The average molecular weight is 424 g/mol. The molecule has 158 valence electrons. The van der Waals surface area contributed by atoms with Crippen molar-refractivity contribution in [3.05, 3.63) is 95.6 Å². The van der Waals surface area contributed by atoms with Gasteiger partial charge < -0.3 is 9.64 Å². The molecule has 0 N–H and O–H groups in total. The summed E-state index contributed by atoms with van der Waals surface area (Å²) in [5.41, 5.74) is 1.42. The number of alkyl halides is 3. The average Bonchev–Trinajstić information content (AvgIpc) is 2.78. The van der Waals surface area contributed by atoms with Crippen LogP contribution in [-0.4, -0.2) is 25.3 Å². The summed E-state index contributed by atoms with van der Waals surface area (Å²) in [6, 6.07) is 20.4. The van der Waals surface area contributed by atoms with Gasteiger partial charge in [0.1, 0.15) is 5.75 Å². The predicted molar refractivity (Wildman–Crippen MR) is 112 cm³/mol. The third kappa shape index (κ3) is 4.17. The smallest absolute Gasteiger partial charge is 0.416 e. The minimum Gasteiger partial charge on any atom is -0.497 e. The van der Waals surface area contributed by atoms with E-state index in [9.17, 15) is 18.0 Å². The van der Waals surface area contributed by atoms with Crippen molar-refractivity contribution in [2.24, 2.45) is 4.99 Å². The van der Waals surface area contributed by atoms with Gasteiger partial charge in [-0.3, -0.25) is 9.79 Å². The van der Waals surface area contributed by atoms with E-state index in [0.29, 0.717) is 11.3 Å². The van der Waals surface area contributed by atoms with Crippen molar-refractivity contribution in [2.75, 3.05) is 12.0 Å². The second-order valence-electron chi connectivity index (χ2n) is 7.10. The molecule has 3 aromatic carbocycles. The Morgan fingerprint density at radius 3 is 2.16 bits per heavy atom.